The van der Waals surface area contributed by atoms with Gasteiger partial charge in [-0.1, -0.05) is 152 Å². The van der Waals surface area contributed by atoms with Crippen LogP contribution in [0.4, 0.5) is 0 Å². The van der Waals surface area contributed by atoms with Crippen LogP contribution in [0.1, 0.15) is 22.3 Å². The van der Waals surface area contributed by atoms with Crippen molar-refractivity contribution in [2.24, 2.45) is 0 Å². The molecule has 10 aromatic rings. The standard InChI is InChI=1S/C49H29N3/c1-2-14-31(15-3-1)47-36-21-6-10-26-43(36)50-48(51-47)52-44-27-11-7-20-34(44)38-28-42-37(29-45(38)52)35-22-12-16-30-17-13-25-41(46(30)35)49(42)39-23-8-4-18-32(39)33-19-5-9-24-40(33)49/h1-29H. The normalized spacial score (nSPS) is 13.5. The summed E-state index contributed by atoms with van der Waals surface area (Å²) in [5.74, 6) is 0.671. The first-order chi connectivity index (χ1) is 25.8. The molecule has 3 nitrogen and oxygen atoms in total. The molecule has 2 aliphatic carbocycles. The van der Waals surface area contributed by atoms with E-state index in [1.54, 1.807) is 0 Å². The summed E-state index contributed by atoms with van der Waals surface area (Å²) < 4.78 is 2.29. The zero-order valence-electron chi connectivity index (χ0n) is 28.1. The minimum atomic E-state index is -0.478. The monoisotopic (exact) mass is 659 g/mol. The Kier molecular flexibility index (Phi) is 5.43. The highest BCUT2D eigenvalue weighted by Crippen LogP contribution is 2.62. The number of nitrogens with zero attached hydrogens (tertiary/aromatic N) is 3. The lowest BCUT2D eigenvalue weighted by atomic mass is 9.61. The molecule has 0 aliphatic heterocycles. The Morgan fingerprint density at radius 3 is 1.85 bits per heavy atom. The lowest BCUT2D eigenvalue weighted by Gasteiger charge is -2.40. The molecule has 0 radical (unpaired) electrons. The molecule has 0 unspecified atom stereocenters. The van der Waals surface area contributed by atoms with E-state index in [1.807, 2.05) is 0 Å². The molecule has 0 amide bonds. The molecule has 0 atom stereocenters. The Bertz CT molecular complexity index is 3080. The molecule has 8 aromatic carbocycles. The third-order valence-corrected chi connectivity index (χ3v) is 11.6. The van der Waals surface area contributed by atoms with Gasteiger partial charge in [0.05, 0.1) is 27.7 Å². The first-order valence-electron chi connectivity index (χ1n) is 17.9. The quantitative estimate of drug-likeness (QED) is 0.185. The number of benzene rings is 8. The minimum Gasteiger partial charge on any atom is -0.278 e. The van der Waals surface area contributed by atoms with Crippen molar-refractivity contribution in [3.05, 3.63) is 198 Å². The SMILES string of the molecule is c1ccc(-c2nc(-n3c4ccccc4c4cc5c(cc43)-c3cccc4cccc(c34)C53c4ccccc4-c4ccccc43)nc3ccccc23)cc1. The molecular weight excluding hydrogens is 631 g/mol. The number of hydrogen-bond donors (Lipinski definition) is 0. The topological polar surface area (TPSA) is 30.7 Å². The fourth-order valence-electron chi connectivity index (χ4n) is 9.58. The Balaban J connectivity index is 1.26. The molecule has 2 aromatic heterocycles. The molecule has 0 bridgehead atoms. The smallest absolute Gasteiger partial charge is 0.235 e. The molecule has 1 spiro atoms. The number of rotatable bonds is 2. The summed E-state index contributed by atoms with van der Waals surface area (Å²) >= 11 is 0. The van der Waals surface area contributed by atoms with Crippen LogP contribution in [0.3, 0.4) is 0 Å². The molecule has 0 saturated heterocycles. The van der Waals surface area contributed by atoms with Gasteiger partial charge in [0, 0.05) is 21.7 Å². The van der Waals surface area contributed by atoms with Gasteiger partial charge < -0.3 is 0 Å². The zero-order chi connectivity index (χ0) is 34.0. The van der Waals surface area contributed by atoms with Crippen LogP contribution in [-0.4, -0.2) is 14.5 Å². The first-order valence-corrected chi connectivity index (χ1v) is 17.9. The van der Waals surface area contributed by atoms with E-state index in [2.05, 4.69) is 180 Å². The molecule has 2 aliphatic rings. The molecular formula is C49H29N3. The van der Waals surface area contributed by atoms with Gasteiger partial charge in [-0.25, -0.2) is 9.97 Å². The van der Waals surface area contributed by atoms with Crippen LogP contribution in [0, 0.1) is 0 Å². The molecule has 3 heteroatoms. The van der Waals surface area contributed by atoms with Gasteiger partial charge in [0.1, 0.15) is 0 Å². The lowest BCUT2D eigenvalue weighted by molar-refractivity contribution is 0.775. The number of hydrogen-bond acceptors (Lipinski definition) is 2. The average molecular weight is 660 g/mol. The van der Waals surface area contributed by atoms with Crippen molar-refractivity contribution in [3.63, 3.8) is 0 Å². The highest BCUT2D eigenvalue weighted by molar-refractivity contribution is 6.14. The van der Waals surface area contributed by atoms with Crippen molar-refractivity contribution in [1.29, 1.82) is 0 Å². The largest absolute Gasteiger partial charge is 0.278 e. The van der Waals surface area contributed by atoms with Gasteiger partial charge in [0.2, 0.25) is 5.95 Å². The van der Waals surface area contributed by atoms with Crippen molar-refractivity contribution in [2.45, 2.75) is 5.41 Å². The first kappa shape index (κ1) is 27.9. The van der Waals surface area contributed by atoms with Gasteiger partial charge in [-0.2, -0.15) is 0 Å². The van der Waals surface area contributed by atoms with Crippen LogP contribution in [0.5, 0.6) is 0 Å². The maximum Gasteiger partial charge on any atom is 0.235 e. The summed E-state index contributed by atoms with van der Waals surface area (Å²) in [7, 11) is 0. The number of para-hydroxylation sites is 2. The van der Waals surface area contributed by atoms with Crippen molar-refractivity contribution < 1.29 is 0 Å². The maximum atomic E-state index is 5.38. The molecule has 0 fully saturated rings. The minimum absolute atomic E-state index is 0.478. The predicted molar refractivity (Wildman–Crippen MR) is 213 cm³/mol. The van der Waals surface area contributed by atoms with Crippen molar-refractivity contribution in [1.82, 2.24) is 14.5 Å². The molecule has 240 valence electrons. The second-order valence-corrected chi connectivity index (χ2v) is 14.1. The van der Waals surface area contributed by atoms with Crippen molar-refractivity contribution >= 4 is 43.5 Å². The van der Waals surface area contributed by atoms with Crippen LogP contribution in [0.25, 0.3) is 82.9 Å². The van der Waals surface area contributed by atoms with E-state index in [1.165, 1.54) is 66.1 Å². The summed E-state index contributed by atoms with van der Waals surface area (Å²) in [5, 5.41) is 6.00. The van der Waals surface area contributed by atoms with Crippen molar-refractivity contribution in [3.8, 4) is 39.5 Å². The fourth-order valence-corrected chi connectivity index (χ4v) is 9.58. The Hall–Kier alpha value is -6.84. The highest BCUT2D eigenvalue weighted by atomic mass is 15.2. The lowest BCUT2D eigenvalue weighted by Crippen LogP contribution is -2.31. The van der Waals surface area contributed by atoms with E-state index in [9.17, 15) is 0 Å². The molecule has 12 rings (SSSR count). The predicted octanol–water partition coefficient (Wildman–Crippen LogP) is 11.9. The van der Waals surface area contributed by atoms with E-state index in [0.29, 0.717) is 5.95 Å². The van der Waals surface area contributed by atoms with Gasteiger partial charge >= 0.3 is 0 Å². The average Bonchev–Trinajstić information content (AvgIpc) is 3.69. The summed E-state index contributed by atoms with van der Waals surface area (Å²) in [6, 6.07) is 64.2. The summed E-state index contributed by atoms with van der Waals surface area (Å²) in [6.07, 6.45) is 0. The van der Waals surface area contributed by atoms with Crippen LogP contribution in [-0.2, 0) is 5.41 Å². The van der Waals surface area contributed by atoms with Crippen LogP contribution in [0.2, 0.25) is 0 Å². The van der Waals surface area contributed by atoms with Gasteiger partial charge in [0.25, 0.3) is 0 Å². The van der Waals surface area contributed by atoms with Gasteiger partial charge in [-0.15, -0.1) is 0 Å². The second-order valence-electron chi connectivity index (χ2n) is 14.1. The second kappa shape index (κ2) is 10.1. The molecule has 52 heavy (non-hydrogen) atoms. The summed E-state index contributed by atoms with van der Waals surface area (Å²) in [6.45, 7) is 0. The van der Waals surface area contributed by atoms with Gasteiger partial charge in [-0.05, 0) is 79.5 Å². The fraction of sp³-hybridized carbons (Fsp3) is 0.0204. The van der Waals surface area contributed by atoms with E-state index in [4.69, 9.17) is 9.97 Å². The van der Waals surface area contributed by atoms with Crippen LogP contribution in [0.15, 0.2) is 176 Å². The Morgan fingerprint density at radius 1 is 0.404 bits per heavy atom. The van der Waals surface area contributed by atoms with E-state index < -0.39 is 5.41 Å². The highest BCUT2D eigenvalue weighted by Gasteiger charge is 2.50. The zero-order valence-corrected chi connectivity index (χ0v) is 28.1. The maximum absolute atomic E-state index is 5.38. The molecule has 0 saturated carbocycles. The summed E-state index contributed by atoms with van der Waals surface area (Å²) in [5.41, 5.74) is 15.1. The molecule has 2 heterocycles. The van der Waals surface area contributed by atoms with Gasteiger partial charge in [-0.3, -0.25) is 4.57 Å². The third-order valence-electron chi connectivity index (χ3n) is 11.6. The van der Waals surface area contributed by atoms with E-state index in [-0.39, 0.29) is 0 Å². The number of fused-ring (bicyclic) bond motifs is 13. The van der Waals surface area contributed by atoms with Crippen LogP contribution < -0.4 is 0 Å². The summed E-state index contributed by atoms with van der Waals surface area (Å²) in [4.78, 5) is 10.7. The molecule has 0 N–H and O–H groups in total. The number of aromatic nitrogens is 3. The van der Waals surface area contributed by atoms with Gasteiger partial charge in [0.15, 0.2) is 0 Å². The van der Waals surface area contributed by atoms with E-state index in [0.717, 1.165) is 33.2 Å². The van der Waals surface area contributed by atoms with E-state index >= 15 is 0 Å². The van der Waals surface area contributed by atoms with Crippen molar-refractivity contribution in [2.75, 3.05) is 0 Å². The Morgan fingerprint density at radius 2 is 1.04 bits per heavy atom. The third kappa shape index (κ3) is 3.45. The van der Waals surface area contributed by atoms with Crippen LogP contribution >= 0.6 is 0 Å². The Labute approximate surface area is 300 Å².